The lowest BCUT2D eigenvalue weighted by Crippen LogP contribution is -2.48. The number of hydrogen-bond acceptors (Lipinski definition) is 4. The number of aliphatic carboxylic acids is 1. The van der Waals surface area contributed by atoms with Crippen molar-refractivity contribution in [1.82, 2.24) is 5.32 Å². The Morgan fingerprint density at radius 1 is 1.29 bits per heavy atom. The molecule has 21 heavy (non-hydrogen) atoms. The highest BCUT2D eigenvalue weighted by molar-refractivity contribution is 5.84. The Morgan fingerprint density at radius 2 is 1.90 bits per heavy atom. The Hall–Kier alpha value is -1.92. The van der Waals surface area contributed by atoms with E-state index in [0.717, 1.165) is 0 Å². The van der Waals surface area contributed by atoms with E-state index >= 15 is 0 Å². The van der Waals surface area contributed by atoms with Crippen molar-refractivity contribution in [2.45, 2.75) is 18.9 Å². The number of ether oxygens (including phenoxy) is 1. The molecular weight excluding hydrogens is 272 g/mol. The van der Waals surface area contributed by atoms with Gasteiger partial charge in [0.25, 0.3) is 0 Å². The molecule has 1 unspecified atom stereocenters. The number of carbonyl (C=O) groups is 2. The maximum Gasteiger partial charge on any atom is 0.311 e. The fourth-order valence-electron chi connectivity index (χ4n) is 2.41. The third kappa shape index (κ3) is 3.59. The van der Waals surface area contributed by atoms with Gasteiger partial charge in [-0.3, -0.25) is 9.59 Å². The fraction of sp³-hybridized carbons (Fsp3) is 0.467. The number of carboxylic acid groups (broad SMARTS) is 1. The minimum atomic E-state index is -0.954. The van der Waals surface area contributed by atoms with Crippen LogP contribution in [0.1, 0.15) is 24.4 Å². The number of nitrogens with two attached hydrogens (primary N) is 1. The molecule has 1 aliphatic rings. The van der Waals surface area contributed by atoms with Gasteiger partial charge in [-0.15, -0.1) is 0 Å². The van der Waals surface area contributed by atoms with Gasteiger partial charge in [0.05, 0.1) is 5.41 Å². The van der Waals surface area contributed by atoms with E-state index in [1.54, 1.807) is 24.3 Å². The molecule has 1 amide bonds. The van der Waals surface area contributed by atoms with Crippen LogP contribution in [-0.4, -0.2) is 36.7 Å². The van der Waals surface area contributed by atoms with Gasteiger partial charge in [-0.25, -0.2) is 0 Å². The lowest BCUT2D eigenvalue weighted by Gasteiger charge is -2.33. The van der Waals surface area contributed by atoms with Crippen LogP contribution in [0.3, 0.4) is 0 Å². The molecule has 6 heteroatoms. The number of rotatable bonds is 5. The second-order valence-corrected chi connectivity index (χ2v) is 5.30. The van der Waals surface area contributed by atoms with Crippen LogP contribution in [0, 0.1) is 5.41 Å². The fourth-order valence-corrected chi connectivity index (χ4v) is 2.41. The SMILES string of the molecule is NC(C(=O)NCC1(C(=O)O)CCOCC1)c1ccccc1. The summed E-state index contributed by atoms with van der Waals surface area (Å²) in [5.41, 5.74) is 5.64. The van der Waals surface area contributed by atoms with Gasteiger partial charge in [0.15, 0.2) is 0 Å². The van der Waals surface area contributed by atoms with E-state index in [9.17, 15) is 14.7 Å². The van der Waals surface area contributed by atoms with E-state index in [0.29, 0.717) is 31.6 Å². The predicted molar refractivity (Wildman–Crippen MR) is 76.5 cm³/mol. The summed E-state index contributed by atoms with van der Waals surface area (Å²) in [5, 5.41) is 12.1. The zero-order valence-corrected chi connectivity index (χ0v) is 11.7. The Morgan fingerprint density at radius 3 is 2.48 bits per heavy atom. The molecule has 0 radical (unpaired) electrons. The van der Waals surface area contributed by atoms with Crippen molar-refractivity contribution in [2.75, 3.05) is 19.8 Å². The number of nitrogens with one attached hydrogen (secondary N) is 1. The molecule has 1 aromatic rings. The number of benzene rings is 1. The molecule has 4 N–H and O–H groups in total. The Bertz CT molecular complexity index is 498. The first-order valence-electron chi connectivity index (χ1n) is 6.94. The number of carboxylic acids is 1. The lowest BCUT2D eigenvalue weighted by atomic mass is 9.80. The van der Waals surface area contributed by atoms with Crippen LogP contribution in [0.2, 0.25) is 0 Å². The topological polar surface area (TPSA) is 102 Å². The highest BCUT2D eigenvalue weighted by atomic mass is 16.5. The predicted octanol–water partition coefficient (Wildman–Crippen LogP) is 0.684. The van der Waals surface area contributed by atoms with Gasteiger partial charge in [0.1, 0.15) is 6.04 Å². The van der Waals surface area contributed by atoms with Gasteiger partial charge in [-0.05, 0) is 18.4 Å². The summed E-state index contributed by atoms with van der Waals surface area (Å²) in [4.78, 5) is 23.6. The van der Waals surface area contributed by atoms with Crippen LogP contribution in [0.25, 0.3) is 0 Å². The van der Waals surface area contributed by atoms with Gasteiger partial charge in [0.2, 0.25) is 5.91 Å². The molecule has 0 spiro atoms. The summed E-state index contributed by atoms with van der Waals surface area (Å²) >= 11 is 0. The van der Waals surface area contributed by atoms with E-state index in [4.69, 9.17) is 10.5 Å². The molecule has 0 aliphatic carbocycles. The summed E-state index contributed by atoms with van der Waals surface area (Å²) in [7, 11) is 0. The molecule has 1 aliphatic heterocycles. The van der Waals surface area contributed by atoms with Crippen molar-refractivity contribution < 1.29 is 19.4 Å². The van der Waals surface area contributed by atoms with E-state index in [-0.39, 0.29) is 12.5 Å². The summed E-state index contributed by atoms with van der Waals surface area (Å²) < 4.78 is 5.20. The van der Waals surface area contributed by atoms with Crippen molar-refractivity contribution in [3.63, 3.8) is 0 Å². The highest BCUT2D eigenvalue weighted by Gasteiger charge is 2.40. The van der Waals surface area contributed by atoms with Gasteiger partial charge < -0.3 is 20.9 Å². The van der Waals surface area contributed by atoms with Crippen molar-refractivity contribution >= 4 is 11.9 Å². The monoisotopic (exact) mass is 292 g/mol. The van der Waals surface area contributed by atoms with E-state index in [2.05, 4.69) is 5.32 Å². The second-order valence-electron chi connectivity index (χ2n) is 5.30. The Kier molecular flexibility index (Phi) is 4.93. The lowest BCUT2D eigenvalue weighted by molar-refractivity contribution is -0.154. The van der Waals surface area contributed by atoms with Crippen LogP contribution < -0.4 is 11.1 Å². The summed E-state index contributed by atoms with van der Waals surface area (Å²) in [5.74, 6) is -1.27. The summed E-state index contributed by atoms with van der Waals surface area (Å²) in [6.07, 6.45) is 0.784. The maximum atomic E-state index is 12.1. The van der Waals surface area contributed by atoms with Crippen LogP contribution in [-0.2, 0) is 14.3 Å². The van der Waals surface area contributed by atoms with Crippen molar-refractivity contribution in [3.05, 3.63) is 35.9 Å². The van der Waals surface area contributed by atoms with Crippen molar-refractivity contribution in [3.8, 4) is 0 Å². The van der Waals surface area contributed by atoms with Gasteiger partial charge in [-0.2, -0.15) is 0 Å². The Labute approximate surface area is 123 Å². The van der Waals surface area contributed by atoms with E-state index in [1.807, 2.05) is 6.07 Å². The molecule has 114 valence electrons. The quantitative estimate of drug-likeness (QED) is 0.741. The minimum Gasteiger partial charge on any atom is -0.481 e. The molecule has 6 nitrogen and oxygen atoms in total. The smallest absolute Gasteiger partial charge is 0.311 e. The molecule has 2 rings (SSSR count). The van der Waals surface area contributed by atoms with Crippen molar-refractivity contribution in [2.24, 2.45) is 11.1 Å². The zero-order chi connectivity index (χ0) is 15.3. The van der Waals surface area contributed by atoms with Gasteiger partial charge in [-0.1, -0.05) is 30.3 Å². The standard InChI is InChI=1S/C15H20N2O4/c16-12(11-4-2-1-3-5-11)13(18)17-10-15(14(19)20)6-8-21-9-7-15/h1-5,12H,6-10,16H2,(H,17,18)(H,19,20). The average molecular weight is 292 g/mol. The van der Waals surface area contributed by atoms with Crippen LogP contribution in [0.4, 0.5) is 0 Å². The molecule has 0 bridgehead atoms. The molecule has 0 saturated carbocycles. The molecule has 1 aromatic carbocycles. The third-order valence-electron chi connectivity index (χ3n) is 3.95. The number of carbonyl (C=O) groups excluding carboxylic acids is 1. The summed E-state index contributed by atoms with van der Waals surface area (Å²) in [6, 6.07) is 8.20. The van der Waals surface area contributed by atoms with Gasteiger partial charge >= 0.3 is 5.97 Å². The normalized spacial score (nSPS) is 18.7. The van der Waals surface area contributed by atoms with E-state index < -0.39 is 17.4 Å². The highest BCUT2D eigenvalue weighted by Crippen LogP contribution is 2.30. The largest absolute Gasteiger partial charge is 0.481 e. The first-order chi connectivity index (χ1) is 10.1. The van der Waals surface area contributed by atoms with Gasteiger partial charge in [0, 0.05) is 19.8 Å². The van der Waals surface area contributed by atoms with Crippen LogP contribution >= 0.6 is 0 Å². The molecule has 1 atom stereocenters. The molecule has 0 aromatic heterocycles. The third-order valence-corrected chi connectivity index (χ3v) is 3.95. The van der Waals surface area contributed by atoms with Crippen LogP contribution in [0.15, 0.2) is 30.3 Å². The first kappa shape index (κ1) is 15.5. The van der Waals surface area contributed by atoms with E-state index in [1.165, 1.54) is 0 Å². The second kappa shape index (κ2) is 6.69. The minimum absolute atomic E-state index is 0.0745. The number of hydrogen-bond donors (Lipinski definition) is 3. The molecule has 1 saturated heterocycles. The number of amides is 1. The summed E-state index contributed by atoms with van der Waals surface area (Å²) in [6.45, 7) is 0.866. The maximum absolute atomic E-state index is 12.1. The first-order valence-corrected chi connectivity index (χ1v) is 6.94. The molecular formula is C15H20N2O4. The zero-order valence-electron chi connectivity index (χ0n) is 11.7. The molecule has 1 fully saturated rings. The van der Waals surface area contributed by atoms with Crippen LogP contribution in [0.5, 0.6) is 0 Å². The average Bonchev–Trinajstić information content (AvgIpc) is 2.53. The van der Waals surface area contributed by atoms with Crippen molar-refractivity contribution in [1.29, 1.82) is 0 Å². The Balaban J connectivity index is 1.97. The molecule has 1 heterocycles.